The normalized spacial score (nSPS) is 33.4. The highest BCUT2D eigenvalue weighted by atomic mass is 16.3. The fourth-order valence-electron chi connectivity index (χ4n) is 1.82. The van der Waals surface area contributed by atoms with Crippen molar-refractivity contribution in [2.75, 3.05) is 6.61 Å². The summed E-state index contributed by atoms with van der Waals surface area (Å²) in [4.78, 5) is 11.3. The number of carbonyl (C=O) groups excluding carboxylic acids is 1. The second kappa shape index (κ2) is 4.04. The lowest BCUT2D eigenvalue weighted by atomic mass is 9.76. The number of hydrogen-bond acceptors (Lipinski definition) is 2. The third-order valence-electron chi connectivity index (χ3n) is 3.08. The van der Waals surface area contributed by atoms with Gasteiger partial charge in [0, 0.05) is 18.9 Å². The lowest BCUT2D eigenvalue weighted by molar-refractivity contribution is -0.126. The molecule has 0 aromatic heterocycles. The smallest absolute Gasteiger partial charge is 0.135 e. The van der Waals surface area contributed by atoms with Crippen molar-refractivity contribution in [3.63, 3.8) is 0 Å². The van der Waals surface area contributed by atoms with Crippen molar-refractivity contribution in [1.29, 1.82) is 0 Å². The summed E-state index contributed by atoms with van der Waals surface area (Å²) in [7, 11) is 0. The number of ketones is 1. The van der Waals surface area contributed by atoms with E-state index < -0.39 is 0 Å². The molecule has 12 heavy (non-hydrogen) atoms. The van der Waals surface area contributed by atoms with Gasteiger partial charge >= 0.3 is 0 Å². The number of aliphatic hydroxyl groups excluding tert-OH is 1. The molecule has 2 heteroatoms. The van der Waals surface area contributed by atoms with Gasteiger partial charge in [0.2, 0.25) is 0 Å². The van der Waals surface area contributed by atoms with Gasteiger partial charge in [0.05, 0.1) is 0 Å². The van der Waals surface area contributed by atoms with Gasteiger partial charge in [0.1, 0.15) is 5.78 Å². The van der Waals surface area contributed by atoms with Crippen molar-refractivity contribution in [3.05, 3.63) is 0 Å². The molecule has 0 aromatic carbocycles. The van der Waals surface area contributed by atoms with Crippen LogP contribution in [0.4, 0.5) is 0 Å². The van der Waals surface area contributed by atoms with E-state index in [1.165, 1.54) is 0 Å². The van der Waals surface area contributed by atoms with Crippen LogP contribution in [0.15, 0.2) is 0 Å². The Morgan fingerprint density at radius 2 is 2.25 bits per heavy atom. The zero-order valence-corrected chi connectivity index (χ0v) is 7.92. The molecule has 0 radical (unpaired) electrons. The molecule has 70 valence electrons. The van der Waals surface area contributed by atoms with E-state index in [1.54, 1.807) is 0 Å². The molecule has 0 bridgehead atoms. The molecule has 1 rings (SSSR count). The minimum absolute atomic E-state index is 0.215. The lowest BCUT2D eigenvalue weighted by Gasteiger charge is -2.28. The summed E-state index contributed by atoms with van der Waals surface area (Å²) >= 11 is 0. The van der Waals surface area contributed by atoms with E-state index in [9.17, 15) is 4.79 Å². The Labute approximate surface area is 74.0 Å². The molecule has 1 aliphatic rings. The van der Waals surface area contributed by atoms with Crippen LogP contribution < -0.4 is 0 Å². The second-order valence-corrected chi connectivity index (χ2v) is 4.07. The Morgan fingerprint density at radius 1 is 1.58 bits per heavy atom. The molecule has 0 heterocycles. The molecule has 1 aliphatic carbocycles. The number of carbonyl (C=O) groups is 1. The Morgan fingerprint density at radius 3 is 2.75 bits per heavy atom. The SMILES string of the molecule is CC1CC[C@@H](C(C)CO)CC1=O. The van der Waals surface area contributed by atoms with E-state index in [0.29, 0.717) is 24.0 Å². The number of Topliss-reactive ketones (excluding diaryl/α,β-unsaturated/α-hetero) is 1. The van der Waals surface area contributed by atoms with Gasteiger partial charge in [-0.3, -0.25) is 4.79 Å². The quantitative estimate of drug-likeness (QED) is 0.683. The summed E-state index contributed by atoms with van der Waals surface area (Å²) in [6.07, 6.45) is 2.80. The first-order valence-electron chi connectivity index (χ1n) is 4.78. The van der Waals surface area contributed by atoms with Crippen molar-refractivity contribution < 1.29 is 9.90 Å². The average Bonchev–Trinajstić information content (AvgIpc) is 2.08. The molecule has 3 atom stereocenters. The van der Waals surface area contributed by atoms with Crippen LogP contribution in [0.3, 0.4) is 0 Å². The van der Waals surface area contributed by atoms with Crippen LogP contribution >= 0.6 is 0 Å². The molecule has 0 spiro atoms. The average molecular weight is 170 g/mol. The summed E-state index contributed by atoms with van der Waals surface area (Å²) in [6.45, 7) is 4.24. The third-order valence-corrected chi connectivity index (χ3v) is 3.08. The van der Waals surface area contributed by atoms with Crippen molar-refractivity contribution in [2.24, 2.45) is 17.8 Å². The van der Waals surface area contributed by atoms with Crippen molar-refractivity contribution >= 4 is 5.78 Å². The van der Waals surface area contributed by atoms with E-state index in [0.717, 1.165) is 12.8 Å². The topological polar surface area (TPSA) is 37.3 Å². The standard InChI is InChI=1S/C10H18O2/c1-7-3-4-9(5-10(7)12)8(2)6-11/h7-9,11H,3-6H2,1-2H3/t7?,8?,9-/m1/s1. The molecule has 1 saturated carbocycles. The largest absolute Gasteiger partial charge is 0.396 e. The van der Waals surface area contributed by atoms with Crippen LogP contribution in [0.5, 0.6) is 0 Å². The highest BCUT2D eigenvalue weighted by Gasteiger charge is 2.28. The minimum atomic E-state index is 0.215. The summed E-state index contributed by atoms with van der Waals surface area (Å²) in [5.74, 6) is 1.36. The maximum atomic E-state index is 11.3. The Bertz CT molecular complexity index is 165. The van der Waals surface area contributed by atoms with Gasteiger partial charge in [-0.05, 0) is 24.7 Å². The molecular formula is C10H18O2. The van der Waals surface area contributed by atoms with Gasteiger partial charge in [0.15, 0.2) is 0 Å². The second-order valence-electron chi connectivity index (χ2n) is 4.07. The summed E-state index contributed by atoms with van der Waals surface area (Å²) in [5, 5.41) is 8.93. The number of hydrogen-bond donors (Lipinski definition) is 1. The van der Waals surface area contributed by atoms with E-state index in [2.05, 4.69) is 0 Å². The number of rotatable bonds is 2. The third kappa shape index (κ3) is 2.07. The molecular weight excluding hydrogens is 152 g/mol. The summed E-state index contributed by atoms with van der Waals surface area (Å²) < 4.78 is 0. The van der Waals surface area contributed by atoms with Gasteiger partial charge in [-0.15, -0.1) is 0 Å². The predicted molar refractivity (Wildman–Crippen MR) is 47.8 cm³/mol. The van der Waals surface area contributed by atoms with Crippen LogP contribution in [0.25, 0.3) is 0 Å². The van der Waals surface area contributed by atoms with Gasteiger partial charge < -0.3 is 5.11 Å². The van der Waals surface area contributed by atoms with Gasteiger partial charge in [-0.1, -0.05) is 13.8 Å². The first-order valence-corrected chi connectivity index (χ1v) is 4.78. The van der Waals surface area contributed by atoms with Crippen LogP contribution in [-0.4, -0.2) is 17.5 Å². The van der Waals surface area contributed by atoms with Crippen LogP contribution in [-0.2, 0) is 4.79 Å². The van der Waals surface area contributed by atoms with E-state index in [4.69, 9.17) is 5.11 Å². The summed E-state index contributed by atoms with van der Waals surface area (Å²) in [5.41, 5.74) is 0. The predicted octanol–water partition coefficient (Wildman–Crippen LogP) is 1.62. The molecule has 1 N–H and O–H groups in total. The maximum Gasteiger partial charge on any atom is 0.135 e. The van der Waals surface area contributed by atoms with Crippen LogP contribution in [0.1, 0.15) is 33.1 Å². The Balaban J connectivity index is 2.45. The number of aliphatic hydroxyl groups is 1. The maximum absolute atomic E-state index is 11.3. The van der Waals surface area contributed by atoms with Gasteiger partial charge in [0.25, 0.3) is 0 Å². The summed E-state index contributed by atoms with van der Waals surface area (Å²) in [6, 6.07) is 0. The van der Waals surface area contributed by atoms with E-state index in [-0.39, 0.29) is 12.5 Å². The first kappa shape index (κ1) is 9.72. The van der Waals surface area contributed by atoms with Crippen LogP contribution in [0.2, 0.25) is 0 Å². The highest BCUT2D eigenvalue weighted by Crippen LogP contribution is 2.30. The molecule has 2 unspecified atom stereocenters. The van der Waals surface area contributed by atoms with Gasteiger partial charge in [-0.2, -0.15) is 0 Å². The monoisotopic (exact) mass is 170 g/mol. The molecule has 1 fully saturated rings. The highest BCUT2D eigenvalue weighted by molar-refractivity contribution is 5.81. The zero-order valence-electron chi connectivity index (χ0n) is 7.92. The zero-order chi connectivity index (χ0) is 9.14. The lowest BCUT2D eigenvalue weighted by Crippen LogP contribution is -2.27. The first-order chi connectivity index (χ1) is 5.65. The van der Waals surface area contributed by atoms with E-state index >= 15 is 0 Å². The molecule has 0 aromatic rings. The van der Waals surface area contributed by atoms with Crippen molar-refractivity contribution in [2.45, 2.75) is 33.1 Å². The van der Waals surface area contributed by atoms with Gasteiger partial charge in [-0.25, -0.2) is 0 Å². The molecule has 0 amide bonds. The fraction of sp³-hybridized carbons (Fsp3) is 0.900. The van der Waals surface area contributed by atoms with E-state index in [1.807, 2.05) is 13.8 Å². The van der Waals surface area contributed by atoms with Crippen molar-refractivity contribution in [1.82, 2.24) is 0 Å². The Hall–Kier alpha value is -0.370. The van der Waals surface area contributed by atoms with Crippen LogP contribution in [0, 0.1) is 17.8 Å². The molecule has 0 saturated heterocycles. The Kier molecular flexibility index (Phi) is 3.27. The molecule has 2 nitrogen and oxygen atoms in total. The fourth-order valence-corrected chi connectivity index (χ4v) is 1.82. The van der Waals surface area contributed by atoms with Crippen molar-refractivity contribution in [3.8, 4) is 0 Å². The molecule has 0 aliphatic heterocycles. The minimum Gasteiger partial charge on any atom is -0.396 e.